The van der Waals surface area contributed by atoms with Crippen molar-refractivity contribution < 1.29 is 14.9 Å². The summed E-state index contributed by atoms with van der Waals surface area (Å²) in [5.41, 5.74) is 3.21. The largest absolute Gasteiger partial charge is 0.507 e. The van der Waals surface area contributed by atoms with E-state index >= 15 is 0 Å². The minimum Gasteiger partial charge on any atom is -0.507 e. The molecule has 1 fully saturated rings. The van der Waals surface area contributed by atoms with Crippen LogP contribution in [0.5, 0.6) is 11.5 Å². The van der Waals surface area contributed by atoms with Crippen LogP contribution >= 0.6 is 0 Å². The number of hydrogen-bond acceptors (Lipinski definition) is 4. The molecule has 4 nitrogen and oxygen atoms in total. The Bertz CT molecular complexity index is 916. The van der Waals surface area contributed by atoms with Crippen LogP contribution in [0.3, 0.4) is 0 Å². The summed E-state index contributed by atoms with van der Waals surface area (Å²) in [6.07, 6.45) is 1.29. The molecule has 1 saturated heterocycles. The lowest BCUT2D eigenvalue weighted by molar-refractivity contribution is 0.145. The first-order valence-corrected chi connectivity index (χ1v) is 8.99. The number of piperidine rings is 1. The fourth-order valence-electron chi connectivity index (χ4n) is 3.73. The Balaban J connectivity index is 1.90. The zero-order valence-corrected chi connectivity index (χ0v) is 14.9. The van der Waals surface area contributed by atoms with Crippen LogP contribution in [0.15, 0.2) is 54.6 Å². The van der Waals surface area contributed by atoms with Gasteiger partial charge in [-0.15, -0.1) is 0 Å². The number of anilines is 1. The van der Waals surface area contributed by atoms with Crippen LogP contribution in [0.1, 0.15) is 12.8 Å². The second-order valence-electron chi connectivity index (χ2n) is 6.79. The molecule has 3 aromatic carbocycles. The summed E-state index contributed by atoms with van der Waals surface area (Å²) in [5, 5.41) is 22.0. The highest BCUT2D eigenvalue weighted by Crippen LogP contribution is 2.41. The van der Waals surface area contributed by atoms with Crippen LogP contribution in [0.25, 0.3) is 21.9 Å². The molecule has 1 heterocycles. The van der Waals surface area contributed by atoms with Crippen molar-refractivity contribution in [2.45, 2.75) is 18.9 Å². The van der Waals surface area contributed by atoms with Gasteiger partial charge in [0.2, 0.25) is 0 Å². The Morgan fingerprint density at radius 1 is 0.962 bits per heavy atom. The summed E-state index contributed by atoms with van der Waals surface area (Å²) >= 11 is 0. The third kappa shape index (κ3) is 2.97. The Kier molecular flexibility index (Phi) is 4.43. The highest BCUT2D eigenvalue weighted by Gasteiger charge is 2.21. The first-order valence-electron chi connectivity index (χ1n) is 8.99. The van der Waals surface area contributed by atoms with Gasteiger partial charge in [0.05, 0.1) is 18.9 Å². The lowest BCUT2D eigenvalue weighted by Crippen LogP contribution is -2.36. The molecule has 3 aromatic rings. The molecule has 26 heavy (non-hydrogen) atoms. The average Bonchev–Trinajstić information content (AvgIpc) is 2.69. The number of aliphatic hydroxyl groups is 1. The van der Waals surface area contributed by atoms with Crippen LogP contribution in [-0.4, -0.2) is 36.5 Å². The van der Waals surface area contributed by atoms with Gasteiger partial charge in [-0.2, -0.15) is 0 Å². The van der Waals surface area contributed by atoms with Crippen molar-refractivity contribution >= 4 is 16.5 Å². The van der Waals surface area contributed by atoms with E-state index in [-0.39, 0.29) is 11.9 Å². The van der Waals surface area contributed by atoms with Gasteiger partial charge in [0, 0.05) is 18.5 Å². The molecule has 0 bridgehead atoms. The minimum atomic E-state index is -0.221. The molecule has 0 unspecified atom stereocenters. The van der Waals surface area contributed by atoms with Crippen LogP contribution in [0.4, 0.5) is 5.69 Å². The Labute approximate surface area is 153 Å². The standard InChI is InChI=1S/C22H23NO3/c1-26-22-14-19-18(13-20(22)23-11-9-16(24)10-12-23)17(7-8-21(19)25)15-5-3-2-4-6-15/h2-8,13-14,16,24-25H,9-12H2,1H3. The highest BCUT2D eigenvalue weighted by atomic mass is 16.5. The Morgan fingerprint density at radius 3 is 2.38 bits per heavy atom. The molecule has 1 aliphatic heterocycles. The molecule has 0 amide bonds. The van der Waals surface area contributed by atoms with Crippen LogP contribution in [-0.2, 0) is 0 Å². The normalized spacial score (nSPS) is 15.4. The van der Waals surface area contributed by atoms with Crippen LogP contribution in [0.2, 0.25) is 0 Å². The third-order valence-corrected chi connectivity index (χ3v) is 5.18. The van der Waals surface area contributed by atoms with Gasteiger partial charge < -0.3 is 19.8 Å². The van der Waals surface area contributed by atoms with E-state index in [1.54, 1.807) is 13.2 Å². The molecule has 1 aliphatic rings. The summed E-state index contributed by atoms with van der Waals surface area (Å²) in [7, 11) is 1.65. The smallest absolute Gasteiger partial charge is 0.142 e. The first kappa shape index (κ1) is 16.7. The van der Waals surface area contributed by atoms with Crippen molar-refractivity contribution in [2.24, 2.45) is 0 Å². The van der Waals surface area contributed by atoms with Gasteiger partial charge in [0.25, 0.3) is 0 Å². The van der Waals surface area contributed by atoms with Crippen molar-refractivity contribution in [3.63, 3.8) is 0 Å². The predicted molar refractivity (Wildman–Crippen MR) is 105 cm³/mol. The lowest BCUT2D eigenvalue weighted by Gasteiger charge is -2.32. The maximum Gasteiger partial charge on any atom is 0.142 e. The quantitative estimate of drug-likeness (QED) is 0.745. The topological polar surface area (TPSA) is 52.9 Å². The van der Waals surface area contributed by atoms with E-state index in [4.69, 9.17) is 4.74 Å². The van der Waals surface area contributed by atoms with E-state index in [0.29, 0.717) is 0 Å². The number of ether oxygens (including phenoxy) is 1. The number of methoxy groups -OCH3 is 1. The summed E-state index contributed by atoms with van der Waals surface area (Å²) in [6, 6.07) is 17.9. The number of nitrogens with zero attached hydrogens (tertiary/aromatic N) is 1. The number of benzene rings is 3. The zero-order valence-electron chi connectivity index (χ0n) is 14.9. The molecular weight excluding hydrogens is 326 g/mol. The molecule has 0 aliphatic carbocycles. The van der Waals surface area contributed by atoms with Gasteiger partial charge >= 0.3 is 0 Å². The van der Waals surface area contributed by atoms with Crippen LogP contribution in [0, 0.1) is 0 Å². The summed E-state index contributed by atoms with van der Waals surface area (Å²) in [6.45, 7) is 1.59. The number of hydrogen-bond donors (Lipinski definition) is 2. The Hall–Kier alpha value is -2.72. The summed E-state index contributed by atoms with van der Waals surface area (Å²) in [5.74, 6) is 0.994. The van der Waals surface area contributed by atoms with Gasteiger partial charge in [-0.3, -0.25) is 0 Å². The second kappa shape index (κ2) is 6.89. The number of rotatable bonds is 3. The van der Waals surface area contributed by atoms with E-state index in [9.17, 15) is 10.2 Å². The average molecular weight is 349 g/mol. The fraction of sp³-hybridized carbons (Fsp3) is 0.273. The number of fused-ring (bicyclic) bond motifs is 1. The molecule has 134 valence electrons. The number of phenolic OH excluding ortho intramolecular Hbond substituents is 1. The van der Waals surface area contributed by atoms with Crippen molar-refractivity contribution in [1.82, 2.24) is 0 Å². The molecular formula is C22H23NO3. The summed E-state index contributed by atoms with van der Waals surface area (Å²) < 4.78 is 5.62. The molecule has 0 spiro atoms. The number of aliphatic hydroxyl groups excluding tert-OH is 1. The lowest BCUT2D eigenvalue weighted by atomic mass is 9.96. The molecule has 0 radical (unpaired) electrons. The van der Waals surface area contributed by atoms with Crippen molar-refractivity contribution in [1.29, 1.82) is 0 Å². The van der Waals surface area contributed by atoms with E-state index in [1.807, 2.05) is 30.3 Å². The van der Waals surface area contributed by atoms with Gasteiger partial charge in [0.1, 0.15) is 11.5 Å². The fourth-order valence-corrected chi connectivity index (χ4v) is 3.73. The number of phenols is 1. The molecule has 4 heteroatoms. The first-order chi connectivity index (χ1) is 12.7. The molecule has 0 aromatic heterocycles. The highest BCUT2D eigenvalue weighted by molar-refractivity contribution is 6.03. The molecule has 2 N–H and O–H groups in total. The summed E-state index contributed by atoms with van der Waals surface area (Å²) in [4.78, 5) is 2.25. The predicted octanol–water partition coefficient (Wildman–Crippen LogP) is 4.18. The molecule has 4 rings (SSSR count). The third-order valence-electron chi connectivity index (χ3n) is 5.18. The number of aromatic hydroxyl groups is 1. The van der Waals surface area contributed by atoms with Gasteiger partial charge in [-0.1, -0.05) is 36.4 Å². The monoisotopic (exact) mass is 349 g/mol. The maximum absolute atomic E-state index is 10.4. The van der Waals surface area contributed by atoms with E-state index < -0.39 is 0 Å². The zero-order chi connectivity index (χ0) is 18.1. The second-order valence-corrected chi connectivity index (χ2v) is 6.79. The molecule has 0 saturated carbocycles. The van der Waals surface area contributed by atoms with E-state index in [0.717, 1.165) is 59.3 Å². The molecule has 0 atom stereocenters. The van der Waals surface area contributed by atoms with E-state index in [1.165, 1.54) is 0 Å². The van der Waals surface area contributed by atoms with Gasteiger partial charge in [0.15, 0.2) is 0 Å². The van der Waals surface area contributed by atoms with Crippen molar-refractivity contribution in [3.05, 3.63) is 54.6 Å². The van der Waals surface area contributed by atoms with Crippen molar-refractivity contribution in [3.8, 4) is 22.6 Å². The minimum absolute atomic E-state index is 0.221. The Morgan fingerprint density at radius 2 is 1.69 bits per heavy atom. The van der Waals surface area contributed by atoms with Gasteiger partial charge in [-0.05, 0) is 47.6 Å². The SMILES string of the molecule is COc1cc2c(O)ccc(-c3ccccc3)c2cc1N1CCC(O)CC1. The van der Waals surface area contributed by atoms with Gasteiger partial charge in [-0.25, -0.2) is 0 Å². The van der Waals surface area contributed by atoms with E-state index in [2.05, 4.69) is 23.1 Å². The van der Waals surface area contributed by atoms with Crippen molar-refractivity contribution in [2.75, 3.05) is 25.1 Å². The van der Waals surface area contributed by atoms with Crippen LogP contribution < -0.4 is 9.64 Å². The maximum atomic E-state index is 10.4.